The van der Waals surface area contributed by atoms with E-state index in [0.29, 0.717) is 0 Å². The first-order valence-electron chi connectivity index (χ1n) is 5.53. The Hall–Kier alpha value is -1.54. The van der Waals surface area contributed by atoms with E-state index in [9.17, 15) is 4.39 Å². The van der Waals surface area contributed by atoms with Crippen molar-refractivity contribution >= 4 is 17.3 Å². The summed E-state index contributed by atoms with van der Waals surface area (Å²) in [5.74, 6) is -0.206. The Kier molecular flexibility index (Phi) is 2.52. The van der Waals surface area contributed by atoms with E-state index >= 15 is 0 Å². The maximum Gasteiger partial charge on any atom is 0.125 e. The molecule has 0 fully saturated rings. The van der Waals surface area contributed by atoms with Gasteiger partial charge in [-0.05, 0) is 41.8 Å². The summed E-state index contributed by atoms with van der Waals surface area (Å²) < 4.78 is 13.1. The van der Waals surface area contributed by atoms with Crippen LogP contribution in [0.25, 0.3) is 0 Å². The van der Waals surface area contributed by atoms with Gasteiger partial charge < -0.3 is 5.32 Å². The Morgan fingerprint density at radius 1 is 1.18 bits per heavy atom. The summed E-state index contributed by atoms with van der Waals surface area (Å²) in [7, 11) is 0. The van der Waals surface area contributed by atoms with E-state index in [1.807, 2.05) is 30.3 Å². The van der Waals surface area contributed by atoms with Crippen LogP contribution >= 0.6 is 11.6 Å². The number of halogens is 2. The summed E-state index contributed by atoms with van der Waals surface area (Å²) in [6, 6.07) is 12.8. The largest absolute Gasteiger partial charge is 0.378 e. The molecular formula is C14H11ClFN. The molecule has 0 spiro atoms. The van der Waals surface area contributed by atoms with Crippen LogP contribution in [0.15, 0.2) is 42.5 Å². The Morgan fingerprint density at radius 3 is 2.88 bits per heavy atom. The van der Waals surface area contributed by atoms with Crippen LogP contribution in [-0.4, -0.2) is 0 Å². The summed E-state index contributed by atoms with van der Waals surface area (Å²) in [6.45, 7) is 0. The quantitative estimate of drug-likeness (QED) is 0.797. The molecule has 17 heavy (non-hydrogen) atoms. The van der Waals surface area contributed by atoms with Crippen LogP contribution in [0.1, 0.15) is 17.2 Å². The van der Waals surface area contributed by atoms with Gasteiger partial charge in [-0.1, -0.05) is 29.8 Å². The molecule has 2 aromatic carbocycles. The van der Waals surface area contributed by atoms with Crippen molar-refractivity contribution in [2.75, 3.05) is 5.32 Å². The Labute approximate surface area is 104 Å². The van der Waals surface area contributed by atoms with Crippen molar-refractivity contribution in [3.8, 4) is 0 Å². The smallest absolute Gasteiger partial charge is 0.125 e. The molecule has 1 nitrogen and oxygen atoms in total. The van der Waals surface area contributed by atoms with Gasteiger partial charge in [0.1, 0.15) is 5.82 Å². The minimum Gasteiger partial charge on any atom is -0.378 e. The second kappa shape index (κ2) is 4.04. The number of nitrogens with one attached hydrogen (secondary N) is 1. The van der Waals surface area contributed by atoms with Crippen molar-refractivity contribution in [2.24, 2.45) is 0 Å². The van der Waals surface area contributed by atoms with Gasteiger partial charge in [0.05, 0.1) is 6.04 Å². The Bertz CT molecular complexity index is 568. The number of benzene rings is 2. The summed E-state index contributed by atoms with van der Waals surface area (Å²) in [4.78, 5) is 0. The van der Waals surface area contributed by atoms with Gasteiger partial charge in [0.25, 0.3) is 0 Å². The maximum atomic E-state index is 13.1. The van der Waals surface area contributed by atoms with Crippen LogP contribution in [0.2, 0.25) is 5.02 Å². The first-order chi connectivity index (χ1) is 8.22. The summed E-state index contributed by atoms with van der Waals surface area (Å²) in [6.07, 6.45) is 0.871. The van der Waals surface area contributed by atoms with E-state index in [2.05, 4.69) is 5.32 Å². The van der Waals surface area contributed by atoms with Gasteiger partial charge in [0.2, 0.25) is 0 Å². The van der Waals surface area contributed by atoms with Gasteiger partial charge in [-0.2, -0.15) is 0 Å². The SMILES string of the molecule is Fc1ccc2c(c1)NC(c1cccc(Cl)c1)C2. The van der Waals surface area contributed by atoms with Crippen molar-refractivity contribution in [1.29, 1.82) is 0 Å². The molecule has 86 valence electrons. The lowest BCUT2D eigenvalue weighted by molar-refractivity contribution is 0.628. The molecular weight excluding hydrogens is 237 g/mol. The predicted octanol–water partition coefficient (Wildman–Crippen LogP) is 4.19. The van der Waals surface area contributed by atoms with Gasteiger partial charge in [0.15, 0.2) is 0 Å². The average molecular weight is 248 g/mol. The normalized spacial score (nSPS) is 17.6. The second-order valence-electron chi connectivity index (χ2n) is 4.26. The number of hydrogen-bond acceptors (Lipinski definition) is 1. The van der Waals surface area contributed by atoms with Gasteiger partial charge in [0, 0.05) is 10.7 Å². The van der Waals surface area contributed by atoms with Crippen LogP contribution < -0.4 is 5.32 Å². The summed E-state index contributed by atoms with van der Waals surface area (Å²) >= 11 is 5.97. The van der Waals surface area contributed by atoms with Gasteiger partial charge in [-0.15, -0.1) is 0 Å². The zero-order valence-electron chi connectivity index (χ0n) is 9.08. The summed E-state index contributed by atoms with van der Waals surface area (Å²) in [5, 5.41) is 4.05. The molecule has 0 amide bonds. The van der Waals surface area contributed by atoms with Crippen molar-refractivity contribution < 1.29 is 4.39 Å². The van der Waals surface area contributed by atoms with E-state index in [-0.39, 0.29) is 11.9 Å². The highest BCUT2D eigenvalue weighted by Gasteiger charge is 2.22. The molecule has 0 radical (unpaired) electrons. The number of rotatable bonds is 1. The first-order valence-corrected chi connectivity index (χ1v) is 5.90. The fourth-order valence-corrected chi connectivity index (χ4v) is 2.44. The summed E-state index contributed by atoms with van der Waals surface area (Å²) in [5.41, 5.74) is 3.17. The molecule has 1 atom stereocenters. The third-order valence-corrected chi connectivity index (χ3v) is 3.31. The molecule has 0 saturated heterocycles. The molecule has 3 heteroatoms. The average Bonchev–Trinajstić information content (AvgIpc) is 2.72. The van der Waals surface area contributed by atoms with Gasteiger partial charge in [-0.3, -0.25) is 0 Å². The number of anilines is 1. The zero-order valence-corrected chi connectivity index (χ0v) is 9.84. The van der Waals surface area contributed by atoms with Crippen molar-refractivity contribution in [3.63, 3.8) is 0 Å². The first kappa shape index (κ1) is 10.6. The monoisotopic (exact) mass is 247 g/mol. The highest BCUT2D eigenvalue weighted by molar-refractivity contribution is 6.30. The Morgan fingerprint density at radius 2 is 2.06 bits per heavy atom. The van der Waals surface area contributed by atoms with E-state index in [1.165, 1.54) is 6.07 Å². The van der Waals surface area contributed by atoms with E-state index in [1.54, 1.807) is 6.07 Å². The number of fused-ring (bicyclic) bond motifs is 1. The van der Waals surface area contributed by atoms with Crippen molar-refractivity contribution in [1.82, 2.24) is 0 Å². The number of hydrogen-bond donors (Lipinski definition) is 1. The predicted molar refractivity (Wildman–Crippen MR) is 67.9 cm³/mol. The molecule has 0 aromatic heterocycles. The van der Waals surface area contributed by atoms with Crippen LogP contribution in [0, 0.1) is 5.82 Å². The van der Waals surface area contributed by atoms with E-state index in [0.717, 1.165) is 28.3 Å². The standard InChI is InChI=1S/C14H11ClFN/c15-11-3-1-2-9(6-11)13-7-10-4-5-12(16)8-14(10)17-13/h1-6,8,13,17H,7H2. The van der Waals surface area contributed by atoms with Crippen molar-refractivity contribution in [2.45, 2.75) is 12.5 Å². The molecule has 1 N–H and O–H groups in total. The zero-order chi connectivity index (χ0) is 11.8. The molecule has 2 aromatic rings. The molecule has 3 rings (SSSR count). The molecule has 1 aliphatic heterocycles. The Balaban J connectivity index is 1.91. The lowest BCUT2D eigenvalue weighted by Crippen LogP contribution is -2.05. The van der Waals surface area contributed by atoms with Gasteiger partial charge in [-0.25, -0.2) is 4.39 Å². The molecule has 1 unspecified atom stereocenters. The third-order valence-electron chi connectivity index (χ3n) is 3.08. The lowest BCUT2D eigenvalue weighted by atomic mass is 10.0. The maximum absolute atomic E-state index is 13.1. The minimum atomic E-state index is -0.206. The van der Waals surface area contributed by atoms with Crippen LogP contribution in [0.4, 0.5) is 10.1 Å². The third kappa shape index (κ3) is 2.01. The van der Waals surface area contributed by atoms with Crippen molar-refractivity contribution in [3.05, 3.63) is 64.4 Å². The topological polar surface area (TPSA) is 12.0 Å². The van der Waals surface area contributed by atoms with Crippen LogP contribution in [0.5, 0.6) is 0 Å². The van der Waals surface area contributed by atoms with Gasteiger partial charge >= 0.3 is 0 Å². The second-order valence-corrected chi connectivity index (χ2v) is 4.69. The van der Waals surface area contributed by atoms with Crippen LogP contribution in [-0.2, 0) is 6.42 Å². The van der Waals surface area contributed by atoms with E-state index < -0.39 is 0 Å². The minimum absolute atomic E-state index is 0.186. The molecule has 1 aliphatic rings. The fraction of sp³-hybridized carbons (Fsp3) is 0.143. The molecule has 1 heterocycles. The molecule has 0 bridgehead atoms. The fourth-order valence-electron chi connectivity index (χ4n) is 2.24. The van der Waals surface area contributed by atoms with E-state index in [4.69, 9.17) is 11.6 Å². The molecule has 0 aliphatic carbocycles. The lowest BCUT2D eigenvalue weighted by Gasteiger charge is -2.11. The highest BCUT2D eigenvalue weighted by Crippen LogP contribution is 2.35. The van der Waals surface area contributed by atoms with Crippen LogP contribution in [0.3, 0.4) is 0 Å². The molecule has 0 saturated carbocycles. The highest BCUT2D eigenvalue weighted by atomic mass is 35.5.